The van der Waals surface area contributed by atoms with Crippen molar-refractivity contribution in [3.8, 4) is 0 Å². The first-order valence-electron chi connectivity index (χ1n) is 8.38. The van der Waals surface area contributed by atoms with Crippen LogP contribution in [0.3, 0.4) is 0 Å². The molecule has 2 unspecified atom stereocenters. The standard InChI is InChI=1S/C18H14O10/c19-13-7-5-11(17(23)27-25-13)15(21)9-3-1-2-4-10(9)16(22)12-6-8-14(20)26-28-18(12)24/h1-4,11-12H,5-8H2. The van der Waals surface area contributed by atoms with E-state index in [0.717, 1.165) is 0 Å². The summed E-state index contributed by atoms with van der Waals surface area (Å²) in [6, 6.07) is 5.59. The number of rotatable bonds is 4. The van der Waals surface area contributed by atoms with Crippen LogP contribution >= 0.6 is 0 Å². The van der Waals surface area contributed by atoms with Crippen LogP contribution < -0.4 is 0 Å². The fraction of sp³-hybridized carbons (Fsp3) is 0.333. The zero-order valence-corrected chi connectivity index (χ0v) is 14.4. The molecule has 0 bridgehead atoms. The molecule has 0 spiro atoms. The highest BCUT2D eigenvalue weighted by Crippen LogP contribution is 2.26. The van der Waals surface area contributed by atoms with Crippen molar-refractivity contribution in [3.63, 3.8) is 0 Å². The van der Waals surface area contributed by atoms with Gasteiger partial charge in [-0.3, -0.25) is 9.59 Å². The Morgan fingerprint density at radius 2 is 1.07 bits per heavy atom. The zero-order valence-electron chi connectivity index (χ0n) is 14.4. The molecule has 10 heteroatoms. The minimum absolute atomic E-state index is 0.118. The van der Waals surface area contributed by atoms with Crippen LogP contribution in [0.5, 0.6) is 0 Å². The summed E-state index contributed by atoms with van der Waals surface area (Å²) in [7, 11) is 0. The third-order valence-corrected chi connectivity index (χ3v) is 4.37. The highest BCUT2D eigenvalue weighted by atomic mass is 17.2. The fourth-order valence-corrected chi connectivity index (χ4v) is 2.90. The number of hydrogen-bond acceptors (Lipinski definition) is 10. The van der Waals surface area contributed by atoms with Crippen LogP contribution in [0.1, 0.15) is 46.4 Å². The van der Waals surface area contributed by atoms with Crippen LogP contribution in [0, 0.1) is 11.8 Å². The van der Waals surface area contributed by atoms with Gasteiger partial charge >= 0.3 is 23.9 Å². The summed E-state index contributed by atoms with van der Waals surface area (Å²) in [5.41, 5.74) is -0.235. The van der Waals surface area contributed by atoms with Crippen LogP contribution in [0.15, 0.2) is 24.3 Å². The quantitative estimate of drug-likeness (QED) is 0.413. The summed E-state index contributed by atoms with van der Waals surface area (Å²) in [5.74, 6) is -7.87. The molecule has 3 rings (SSSR count). The lowest BCUT2D eigenvalue weighted by molar-refractivity contribution is -0.256. The molecule has 2 heterocycles. The molecule has 0 radical (unpaired) electrons. The van der Waals surface area contributed by atoms with Crippen LogP contribution in [0.25, 0.3) is 0 Å². The average Bonchev–Trinajstić information content (AvgIpc) is 2.97. The average molecular weight is 390 g/mol. The molecule has 2 saturated heterocycles. The molecule has 146 valence electrons. The molecule has 0 N–H and O–H groups in total. The fourth-order valence-electron chi connectivity index (χ4n) is 2.90. The summed E-state index contributed by atoms with van der Waals surface area (Å²) in [6.45, 7) is 0. The van der Waals surface area contributed by atoms with Gasteiger partial charge in [0.1, 0.15) is 11.8 Å². The Labute approximate surface area is 157 Å². The third-order valence-electron chi connectivity index (χ3n) is 4.37. The molecule has 1 aromatic carbocycles. The number of benzene rings is 1. The summed E-state index contributed by atoms with van der Waals surface area (Å²) >= 11 is 0. The number of ketones is 2. The molecular formula is C18H14O10. The molecule has 1 aromatic rings. The lowest BCUT2D eigenvalue weighted by Crippen LogP contribution is -2.29. The van der Waals surface area contributed by atoms with E-state index in [0.29, 0.717) is 0 Å². The number of hydrogen-bond donors (Lipinski definition) is 0. The maximum absolute atomic E-state index is 12.9. The molecular weight excluding hydrogens is 376 g/mol. The molecule has 2 fully saturated rings. The largest absolute Gasteiger partial charge is 0.366 e. The van der Waals surface area contributed by atoms with Crippen LogP contribution in [-0.2, 0) is 38.7 Å². The van der Waals surface area contributed by atoms with Gasteiger partial charge in [0, 0.05) is 11.1 Å². The van der Waals surface area contributed by atoms with Crippen molar-refractivity contribution in [2.24, 2.45) is 11.8 Å². The summed E-state index contributed by atoms with van der Waals surface area (Å²) in [5, 5.41) is 0. The number of carbonyl (C=O) groups is 6. The zero-order chi connectivity index (χ0) is 20.3. The first kappa shape index (κ1) is 19.2. The van der Waals surface area contributed by atoms with Gasteiger partial charge in [-0.05, 0) is 12.8 Å². The second kappa shape index (κ2) is 7.99. The molecule has 2 aliphatic rings. The molecule has 28 heavy (non-hydrogen) atoms. The monoisotopic (exact) mass is 390 g/mol. The predicted molar refractivity (Wildman–Crippen MR) is 84.9 cm³/mol. The Kier molecular flexibility index (Phi) is 5.48. The highest BCUT2D eigenvalue weighted by Gasteiger charge is 2.39. The SMILES string of the molecule is O=C1CCC(C(=O)c2ccccc2C(=O)C2CCC(=O)OOC2=O)C(=O)OO1. The maximum Gasteiger partial charge on any atom is 0.366 e. The van der Waals surface area contributed by atoms with Crippen LogP contribution in [0.4, 0.5) is 0 Å². The normalized spacial score (nSPS) is 22.7. The lowest BCUT2D eigenvalue weighted by atomic mass is 9.86. The van der Waals surface area contributed by atoms with Crippen LogP contribution in [-0.4, -0.2) is 35.4 Å². The Morgan fingerprint density at radius 3 is 1.46 bits per heavy atom. The molecule has 2 atom stereocenters. The van der Waals surface area contributed by atoms with Gasteiger partial charge in [-0.1, -0.05) is 24.3 Å². The van der Waals surface area contributed by atoms with Gasteiger partial charge < -0.3 is 0 Å². The van der Waals surface area contributed by atoms with E-state index in [9.17, 15) is 28.8 Å². The van der Waals surface area contributed by atoms with Crippen LogP contribution in [0.2, 0.25) is 0 Å². The predicted octanol–water partition coefficient (Wildman–Crippen LogP) is 0.875. The van der Waals surface area contributed by atoms with E-state index in [1.54, 1.807) is 0 Å². The summed E-state index contributed by atoms with van der Waals surface area (Å²) < 4.78 is 0. The van der Waals surface area contributed by atoms with Gasteiger partial charge in [0.15, 0.2) is 11.6 Å². The van der Waals surface area contributed by atoms with Gasteiger partial charge in [0.25, 0.3) is 0 Å². The molecule has 0 aromatic heterocycles. The Hall–Kier alpha value is -3.56. The molecule has 2 aliphatic heterocycles. The van der Waals surface area contributed by atoms with E-state index < -0.39 is 47.3 Å². The van der Waals surface area contributed by atoms with E-state index in [1.165, 1.54) is 24.3 Å². The van der Waals surface area contributed by atoms with Gasteiger partial charge in [-0.2, -0.15) is 0 Å². The van der Waals surface area contributed by atoms with Crippen molar-refractivity contribution in [2.45, 2.75) is 25.7 Å². The van der Waals surface area contributed by atoms with Crippen molar-refractivity contribution < 1.29 is 48.3 Å². The van der Waals surface area contributed by atoms with Gasteiger partial charge in [0.05, 0.1) is 12.8 Å². The third kappa shape index (κ3) is 3.90. The second-order valence-corrected chi connectivity index (χ2v) is 6.17. The molecule has 10 nitrogen and oxygen atoms in total. The Morgan fingerprint density at radius 1 is 0.679 bits per heavy atom. The van der Waals surface area contributed by atoms with Gasteiger partial charge in [-0.25, -0.2) is 38.7 Å². The van der Waals surface area contributed by atoms with E-state index >= 15 is 0 Å². The molecule has 0 aliphatic carbocycles. The second-order valence-electron chi connectivity index (χ2n) is 6.17. The maximum atomic E-state index is 12.9. The van der Waals surface area contributed by atoms with E-state index in [2.05, 4.69) is 19.6 Å². The molecule has 0 amide bonds. The van der Waals surface area contributed by atoms with E-state index in [4.69, 9.17) is 0 Å². The van der Waals surface area contributed by atoms with Gasteiger partial charge in [0.2, 0.25) is 0 Å². The van der Waals surface area contributed by atoms with Crippen molar-refractivity contribution in [1.29, 1.82) is 0 Å². The van der Waals surface area contributed by atoms with Crippen molar-refractivity contribution in [3.05, 3.63) is 35.4 Å². The van der Waals surface area contributed by atoms with E-state index in [1.807, 2.05) is 0 Å². The molecule has 0 saturated carbocycles. The van der Waals surface area contributed by atoms with E-state index in [-0.39, 0.29) is 36.8 Å². The first-order valence-corrected chi connectivity index (χ1v) is 8.38. The van der Waals surface area contributed by atoms with Gasteiger partial charge in [-0.15, -0.1) is 0 Å². The topological polar surface area (TPSA) is 139 Å². The minimum atomic E-state index is -1.34. The first-order chi connectivity index (χ1) is 13.4. The van der Waals surface area contributed by atoms with Crippen molar-refractivity contribution in [2.75, 3.05) is 0 Å². The minimum Gasteiger partial charge on any atom is -0.293 e. The Bertz CT molecular complexity index is 800. The summed E-state index contributed by atoms with van der Waals surface area (Å²) in [6.07, 6.45) is -0.723. The van der Waals surface area contributed by atoms with Crippen molar-refractivity contribution >= 4 is 35.4 Å². The smallest absolute Gasteiger partial charge is 0.293 e. The Balaban J connectivity index is 1.90. The lowest BCUT2D eigenvalue weighted by Gasteiger charge is -2.15. The highest BCUT2D eigenvalue weighted by molar-refractivity contribution is 6.18. The van der Waals surface area contributed by atoms with Crippen molar-refractivity contribution in [1.82, 2.24) is 0 Å². The summed E-state index contributed by atoms with van der Waals surface area (Å²) in [4.78, 5) is 89.2. The number of Topliss-reactive ketones (excluding diaryl/α,β-unsaturated/α-hetero) is 2. The number of carbonyl (C=O) groups excluding carboxylic acids is 6.